The lowest BCUT2D eigenvalue weighted by Crippen LogP contribution is -1.95. The molecule has 0 fully saturated rings. The molecule has 3 nitrogen and oxygen atoms in total. The van der Waals surface area contributed by atoms with E-state index < -0.39 is 0 Å². The highest BCUT2D eigenvalue weighted by molar-refractivity contribution is 6.30. The third-order valence-electron chi connectivity index (χ3n) is 3.05. The maximum absolute atomic E-state index is 5.91. The normalized spacial score (nSPS) is 12.6. The van der Waals surface area contributed by atoms with E-state index in [1.54, 1.807) is 0 Å². The van der Waals surface area contributed by atoms with Gasteiger partial charge in [-0.25, -0.2) is 0 Å². The Balaban J connectivity index is 2.43. The fraction of sp³-hybridized carbons (Fsp3) is 0.357. The molecule has 0 saturated heterocycles. The Morgan fingerprint density at radius 1 is 1.33 bits per heavy atom. The molecule has 2 N–H and O–H groups in total. The predicted octanol–water partition coefficient (Wildman–Crippen LogP) is 4.48. The number of hydrogen-bond donors (Lipinski definition) is 1. The van der Waals surface area contributed by atoms with Crippen LogP contribution >= 0.6 is 11.6 Å². The second kappa shape index (κ2) is 5.44. The summed E-state index contributed by atoms with van der Waals surface area (Å²) < 4.78 is 5.39. The average Bonchev–Trinajstić information content (AvgIpc) is 2.73. The van der Waals surface area contributed by atoms with Crippen LogP contribution in [0.25, 0.3) is 11.1 Å². The third-order valence-corrected chi connectivity index (χ3v) is 3.30. The molecule has 1 aromatic carbocycles. The van der Waals surface area contributed by atoms with Crippen molar-refractivity contribution in [2.45, 2.75) is 32.6 Å². The third kappa shape index (κ3) is 2.51. The number of aromatic nitrogens is 1. The zero-order chi connectivity index (χ0) is 13.1. The molecule has 0 amide bonds. The molecule has 0 spiro atoms. The molecular formula is C14H17ClN2O. The lowest BCUT2D eigenvalue weighted by molar-refractivity contribution is 0.362. The van der Waals surface area contributed by atoms with Crippen molar-refractivity contribution >= 4 is 17.4 Å². The van der Waals surface area contributed by atoms with Gasteiger partial charge in [-0.3, -0.25) is 0 Å². The zero-order valence-corrected chi connectivity index (χ0v) is 11.4. The molecule has 0 bridgehead atoms. The summed E-state index contributed by atoms with van der Waals surface area (Å²) in [6.07, 6.45) is 2.15. The summed E-state index contributed by atoms with van der Waals surface area (Å²) in [7, 11) is 0. The van der Waals surface area contributed by atoms with Crippen molar-refractivity contribution in [1.29, 1.82) is 0 Å². The highest BCUT2D eigenvalue weighted by Gasteiger charge is 2.20. The van der Waals surface area contributed by atoms with Gasteiger partial charge in [0.15, 0.2) is 5.82 Å². The van der Waals surface area contributed by atoms with E-state index in [2.05, 4.69) is 19.0 Å². The molecule has 1 aromatic heterocycles. The van der Waals surface area contributed by atoms with Crippen LogP contribution in [-0.4, -0.2) is 5.16 Å². The second-order valence-corrected chi connectivity index (χ2v) is 4.94. The maximum atomic E-state index is 5.91. The Morgan fingerprint density at radius 3 is 2.61 bits per heavy atom. The number of halogens is 1. The molecule has 0 radical (unpaired) electrons. The molecule has 18 heavy (non-hydrogen) atoms. The van der Waals surface area contributed by atoms with Gasteiger partial charge in [0.1, 0.15) is 5.76 Å². The van der Waals surface area contributed by atoms with Crippen molar-refractivity contribution in [3.05, 3.63) is 35.0 Å². The summed E-state index contributed by atoms with van der Waals surface area (Å²) in [6, 6.07) is 7.57. The van der Waals surface area contributed by atoms with E-state index in [-0.39, 0.29) is 0 Å². The van der Waals surface area contributed by atoms with Crippen LogP contribution in [-0.2, 0) is 0 Å². The highest BCUT2D eigenvalue weighted by Crippen LogP contribution is 2.36. The van der Waals surface area contributed by atoms with Crippen molar-refractivity contribution in [1.82, 2.24) is 5.16 Å². The van der Waals surface area contributed by atoms with Gasteiger partial charge in [-0.1, -0.05) is 49.2 Å². The molecule has 2 aromatic rings. The molecule has 2 rings (SSSR count). The van der Waals surface area contributed by atoms with Gasteiger partial charge in [-0.2, -0.15) is 0 Å². The molecule has 1 heterocycles. The first kappa shape index (κ1) is 13.0. The van der Waals surface area contributed by atoms with Crippen molar-refractivity contribution in [3.63, 3.8) is 0 Å². The SMILES string of the molecule is CCCC(C)c1onc(N)c1-c1ccc(Cl)cc1. The van der Waals surface area contributed by atoms with Crippen LogP contribution in [0.2, 0.25) is 5.02 Å². The van der Waals surface area contributed by atoms with Crippen LogP contribution < -0.4 is 5.73 Å². The summed E-state index contributed by atoms with van der Waals surface area (Å²) in [4.78, 5) is 0. The van der Waals surface area contributed by atoms with Gasteiger partial charge >= 0.3 is 0 Å². The monoisotopic (exact) mass is 264 g/mol. The van der Waals surface area contributed by atoms with Gasteiger partial charge in [0.05, 0.1) is 5.56 Å². The van der Waals surface area contributed by atoms with Crippen molar-refractivity contribution < 1.29 is 4.52 Å². The fourth-order valence-electron chi connectivity index (χ4n) is 2.12. The van der Waals surface area contributed by atoms with Crippen molar-refractivity contribution in [2.75, 3.05) is 5.73 Å². The maximum Gasteiger partial charge on any atom is 0.175 e. The molecule has 0 aliphatic heterocycles. The molecule has 0 aliphatic carbocycles. The largest absolute Gasteiger partial charge is 0.380 e. The van der Waals surface area contributed by atoms with Gasteiger partial charge in [0.25, 0.3) is 0 Å². The minimum absolute atomic E-state index is 0.311. The van der Waals surface area contributed by atoms with E-state index in [1.165, 1.54) is 0 Å². The summed E-state index contributed by atoms with van der Waals surface area (Å²) in [6.45, 7) is 4.28. The minimum Gasteiger partial charge on any atom is -0.380 e. The van der Waals surface area contributed by atoms with Gasteiger partial charge in [0, 0.05) is 10.9 Å². The van der Waals surface area contributed by atoms with E-state index >= 15 is 0 Å². The number of nitrogens with zero attached hydrogens (tertiary/aromatic N) is 1. The van der Waals surface area contributed by atoms with Crippen LogP contribution in [0.15, 0.2) is 28.8 Å². The number of benzene rings is 1. The number of nitrogens with two attached hydrogens (primary N) is 1. The molecule has 4 heteroatoms. The molecule has 0 saturated carbocycles. The Kier molecular flexibility index (Phi) is 3.92. The van der Waals surface area contributed by atoms with E-state index in [1.807, 2.05) is 24.3 Å². The lowest BCUT2D eigenvalue weighted by atomic mass is 9.96. The lowest BCUT2D eigenvalue weighted by Gasteiger charge is -2.09. The van der Waals surface area contributed by atoms with E-state index in [0.717, 1.165) is 29.7 Å². The standard InChI is InChI=1S/C14H17ClN2O/c1-3-4-9(2)13-12(14(16)17-18-13)10-5-7-11(15)8-6-10/h5-9H,3-4H2,1-2H3,(H2,16,17). The van der Waals surface area contributed by atoms with Gasteiger partial charge in [0.2, 0.25) is 0 Å². The number of rotatable bonds is 4. The first-order valence-corrected chi connectivity index (χ1v) is 6.52. The van der Waals surface area contributed by atoms with Crippen LogP contribution in [0.1, 0.15) is 38.4 Å². The van der Waals surface area contributed by atoms with Crippen LogP contribution in [0, 0.1) is 0 Å². The number of hydrogen-bond acceptors (Lipinski definition) is 3. The quantitative estimate of drug-likeness (QED) is 0.886. The van der Waals surface area contributed by atoms with Gasteiger partial charge in [-0.05, 0) is 24.1 Å². The molecular weight excluding hydrogens is 248 g/mol. The fourth-order valence-corrected chi connectivity index (χ4v) is 2.25. The van der Waals surface area contributed by atoms with E-state index in [9.17, 15) is 0 Å². The topological polar surface area (TPSA) is 52.0 Å². The zero-order valence-electron chi connectivity index (χ0n) is 10.6. The Bertz CT molecular complexity index is 519. The molecule has 0 aliphatic rings. The van der Waals surface area contributed by atoms with Crippen LogP contribution in [0.4, 0.5) is 5.82 Å². The van der Waals surface area contributed by atoms with Crippen LogP contribution in [0.3, 0.4) is 0 Å². The molecule has 1 atom stereocenters. The van der Waals surface area contributed by atoms with Crippen LogP contribution in [0.5, 0.6) is 0 Å². The van der Waals surface area contributed by atoms with Gasteiger partial charge in [-0.15, -0.1) is 0 Å². The number of anilines is 1. The summed E-state index contributed by atoms with van der Waals surface area (Å²) >= 11 is 5.89. The Hall–Kier alpha value is -1.48. The molecule has 1 unspecified atom stereocenters. The average molecular weight is 265 g/mol. The molecule has 96 valence electrons. The minimum atomic E-state index is 0.311. The highest BCUT2D eigenvalue weighted by atomic mass is 35.5. The number of nitrogen functional groups attached to an aromatic ring is 1. The van der Waals surface area contributed by atoms with Gasteiger partial charge < -0.3 is 10.3 Å². The second-order valence-electron chi connectivity index (χ2n) is 4.50. The smallest absolute Gasteiger partial charge is 0.175 e. The first-order valence-electron chi connectivity index (χ1n) is 6.14. The Labute approximate surface area is 112 Å². The van der Waals surface area contributed by atoms with Crippen molar-refractivity contribution in [2.24, 2.45) is 0 Å². The summed E-state index contributed by atoms with van der Waals surface area (Å²) in [5.74, 6) is 1.61. The van der Waals surface area contributed by atoms with Crippen molar-refractivity contribution in [3.8, 4) is 11.1 Å². The summed E-state index contributed by atoms with van der Waals surface area (Å²) in [5.41, 5.74) is 7.80. The Morgan fingerprint density at radius 2 is 2.00 bits per heavy atom. The van der Waals surface area contributed by atoms with E-state index in [4.69, 9.17) is 21.9 Å². The first-order chi connectivity index (χ1) is 8.63. The summed E-state index contributed by atoms with van der Waals surface area (Å²) in [5, 5.41) is 4.59. The van der Waals surface area contributed by atoms with E-state index in [0.29, 0.717) is 16.8 Å². The predicted molar refractivity (Wildman–Crippen MR) is 74.7 cm³/mol.